The maximum Gasteiger partial charge on any atom is 0.434 e. The van der Waals surface area contributed by atoms with E-state index in [0.717, 1.165) is 12.1 Å². The molecule has 0 aliphatic heterocycles. The Morgan fingerprint density at radius 1 is 0.971 bits per heavy atom. The third kappa shape index (κ3) is 3.83. The molecular formula is C21H13F3N4O6. The Balaban J connectivity index is 1.99. The lowest BCUT2D eigenvalue weighted by atomic mass is 9.96. The smallest absolute Gasteiger partial charge is 0.434 e. The predicted octanol–water partition coefficient (Wildman–Crippen LogP) is 4.82. The molecule has 0 amide bonds. The van der Waals surface area contributed by atoms with Crippen LogP contribution in [0.4, 0.5) is 18.9 Å². The first-order valence-electron chi connectivity index (χ1n) is 9.40. The molecule has 0 bridgehead atoms. The van der Waals surface area contributed by atoms with Crippen LogP contribution in [0.15, 0.2) is 47.0 Å². The van der Waals surface area contributed by atoms with Crippen molar-refractivity contribution in [3.63, 3.8) is 0 Å². The number of phenolic OH excluding ortho intramolecular Hbond substituents is 2. The van der Waals surface area contributed by atoms with Crippen molar-refractivity contribution in [1.82, 2.24) is 15.1 Å². The molecule has 0 atom stereocenters. The Labute approximate surface area is 187 Å². The molecule has 0 aliphatic rings. The van der Waals surface area contributed by atoms with Gasteiger partial charge in [-0.05, 0) is 18.6 Å². The van der Waals surface area contributed by atoms with Gasteiger partial charge in [0.2, 0.25) is 11.6 Å². The quantitative estimate of drug-likeness (QED) is 0.214. The summed E-state index contributed by atoms with van der Waals surface area (Å²) in [4.78, 5) is 17.5. The van der Waals surface area contributed by atoms with Crippen LogP contribution < -0.4 is 0 Å². The Morgan fingerprint density at radius 3 is 2.26 bits per heavy atom. The van der Waals surface area contributed by atoms with Gasteiger partial charge < -0.3 is 19.8 Å². The summed E-state index contributed by atoms with van der Waals surface area (Å²) >= 11 is 0. The fourth-order valence-corrected chi connectivity index (χ4v) is 3.31. The predicted molar refractivity (Wildman–Crippen MR) is 110 cm³/mol. The van der Waals surface area contributed by atoms with Crippen LogP contribution in [0.5, 0.6) is 17.2 Å². The van der Waals surface area contributed by atoms with Crippen LogP contribution in [0.2, 0.25) is 0 Å². The van der Waals surface area contributed by atoms with E-state index >= 15 is 0 Å². The molecule has 4 rings (SSSR count). The Morgan fingerprint density at radius 2 is 1.65 bits per heavy atom. The highest BCUT2D eigenvalue weighted by Gasteiger charge is 2.40. The summed E-state index contributed by atoms with van der Waals surface area (Å²) in [7, 11) is 0. The maximum absolute atomic E-state index is 13.9. The lowest BCUT2D eigenvalue weighted by Crippen LogP contribution is -2.13. The van der Waals surface area contributed by atoms with Gasteiger partial charge in [0.15, 0.2) is 11.4 Å². The number of aromatic nitrogens is 3. The zero-order chi connectivity index (χ0) is 24.8. The van der Waals surface area contributed by atoms with E-state index in [0.29, 0.717) is 0 Å². The standard InChI is InChI=1S/C21H13F3N4O6/c1-9-16(30)14(10-5-3-2-4-6-10)15(18(25-9)21(22,23)24)19-26-20(34-27-19)11-7-12(28(32)33)17(31)13(29)8-11/h2-8,29-31H,1H3. The summed E-state index contributed by atoms with van der Waals surface area (Å²) < 4.78 is 46.8. The number of pyridine rings is 1. The van der Waals surface area contributed by atoms with Gasteiger partial charge in [-0.3, -0.25) is 10.1 Å². The van der Waals surface area contributed by atoms with Crippen molar-refractivity contribution >= 4 is 5.69 Å². The van der Waals surface area contributed by atoms with Gasteiger partial charge in [0, 0.05) is 11.6 Å². The number of nitro benzene ring substituents is 1. The minimum atomic E-state index is -4.96. The van der Waals surface area contributed by atoms with Gasteiger partial charge in [-0.1, -0.05) is 35.5 Å². The minimum Gasteiger partial charge on any atom is -0.505 e. The molecule has 0 fully saturated rings. The Kier molecular flexibility index (Phi) is 5.31. The third-order valence-electron chi connectivity index (χ3n) is 4.84. The lowest BCUT2D eigenvalue weighted by molar-refractivity contribution is -0.385. The second kappa shape index (κ2) is 8.03. The third-order valence-corrected chi connectivity index (χ3v) is 4.84. The number of nitrogens with zero attached hydrogens (tertiary/aromatic N) is 4. The molecule has 0 aliphatic carbocycles. The van der Waals surface area contributed by atoms with Crippen molar-refractivity contribution in [3.8, 4) is 51.2 Å². The fourth-order valence-electron chi connectivity index (χ4n) is 3.31. The molecule has 0 unspecified atom stereocenters. The number of hydrogen-bond donors (Lipinski definition) is 3. The van der Waals surface area contributed by atoms with Gasteiger partial charge in [-0.2, -0.15) is 18.2 Å². The first-order valence-corrected chi connectivity index (χ1v) is 9.40. The van der Waals surface area contributed by atoms with E-state index < -0.39 is 57.0 Å². The number of benzene rings is 2. The average molecular weight is 474 g/mol. The molecule has 13 heteroatoms. The van der Waals surface area contributed by atoms with Crippen LogP contribution in [-0.2, 0) is 6.18 Å². The first-order chi connectivity index (χ1) is 16.0. The van der Waals surface area contributed by atoms with Crippen LogP contribution in [0.25, 0.3) is 34.0 Å². The molecule has 4 aromatic rings. The summed E-state index contributed by atoms with van der Waals surface area (Å²) in [6.45, 7) is 1.21. The molecule has 3 N–H and O–H groups in total. The minimum absolute atomic E-state index is 0.218. The van der Waals surface area contributed by atoms with E-state index in [1.54, 1.807) is 18.2 Å². The maximum atomic E-state index is 13.9. The van der Waals surface area contributed by atoms with Crippen LogP contribution in [0, 0.1) is 17.0 Å². The summed E-state index contributed by atoms with van der Waals surface area (Å²) in [5.74, 6) is -3.51. The summed E-state index contributed by atoms with van der Waals surface area (Å²) in [6, 6.07) is 9.37. The number of alkyl halides is 3. The van der Waals surface area contributed by atoms with Crippen LogP contribution >= 0.6 is 0 Å². The Bertz CT molecular complexity index is 1420. The highest BCUT2D eigenvalue weighted by atomic mass is 19.4. The molecule has 174 valence electrons. The lowest BCUT2D eigenvalue weighted by Gasteiger charge is -2.17. The van der Waals surface area contributed by atoms with E-state index in [1.165, 1.54) is 19.1 Å². The zero-order valence-electron chi connectivity index (χ0n) is 17.0. The number of nitro groups is 1. The highest BCUT2D eigenvalue weighted by Crippen LogP contribution is 2.46. The molecule has 0 saturated carbocycles. The monoisotopic (exact) mass is 474 g/mol. The summed E-state index contributed by atoms with van der Waals surface area (Å²) in [5, 5.41) is 44.7. The number of phenols is 2. The van der Waals surface area contributed by atoms with Crippen LogP contribution in [0.3, 0.4) is 0 Å². The number of hydrogen-bond acceptors (Lipinski definition) is 9. The second-order valence-electron chi connectivity index (χ2n) is 7.05. The van der Waals surface area contributed by atoms with Crippen molar-refractivity contribution in [3.05, 3.63) is 64.0 Å². The molecule has 2 aromatic carbocycles. The van der Waals surface area contributed by atoms with Gasteiger partial charge in [-0.15, -0.1) is 0 Å². The average Bonchev–Trinajstić information content (AvgIpc) is 3.26. The molecule has 2 heterocycles. The van der Waals surface area contributed by atoms with Crippen molar-refractivity contribution in [1.29, 1.82) is 0 Å². The molecular weight excluding hydrogens is 461 g/mol. The SMILES string of the molecule is Cc1nc(C(F)(F)F)c(-c2noc(-c3cc(O)c(O)c([N+](=O)[O-])c3)n2)c(-c2ccccc2)c1O. The molecule has 10 nitrogen and oxygen atoms in total. The van der Waals surface area contributed by atoms with Gasteiger partial charge >= 0.3 is 11.9 Å². The summed E-state index contributed by atoms with van der Waals surface area (Å²) in [6.07, 6.45) is -4.96. The van der Waals surface area contributed by atoms with Crippen molar-refractivity contribution in [2.75, 3.05) is 0 Å². The van der Waals surface area contributed by atoms with Gasteiger partial charge in [0.25, 0.3) is 5.89 Å². The van der Waals surface area contributed by atoms with E-state index in [4.69, 9.17) is 4.52 Å². The topological polar surface area (TPSA) is 156 Å². The normalized spacial score (nSPS) is 11.5. The van der Waals surface area contributed by atoms with Crippen LogP contribution in [-0.4, -0.2) is 35.4 Å². The van der Waals surface area contributed by atoms with E-state index in [-0.39, 0.29) is 22.4 Å². The molecule has 0 saturated heterocycles. The number of aromatic hydroxyl groups is 3. The molecule has 0 spiro atoms. The van der Waals surface area contributed by atoms with E-state index in [9.17, 15) is 38.6 Å². The van der Waals surface area contributed by atoms with Gasteiger partial charge in [0.1, 0.15) is 5.75 Å². The summed E-state index contributed by atoms with van der Waals surface area (Å²) in [5.41, 5.74) is -3.48. The first kappa shape index (κ1) is 22.5. The number of rotatable bonds is 4. The largest absolute Gasteiger partial charge is 0.505 e. The van der Waals surface area contributed by atoms with Crippen molar-refractivity contribution in [2.24, 2.45) is 0 Å². The van der Waals surface area contributed by atoms with Crippen LogP contribution in [0.1, 0.15) is 11.4 Å². The molecule has 2 aromatic heterocycles. The van der Waals surface area contributed by atoms with Gasteiger partial charge in [-0.25, -0.2) is 4.98 Å². The van der Waals surface area contributed by atoms with Crippen molar-refractivity contribution < 1.29 is 37.9 Å². The molecule has 0 radical (unpaired) electrons. The fraction of sp³-hybridized carbons (Fsp3) is 0.0952. The van der Waals surface area contributed by atoms with Gasteiger partial charge in [0.05, 0.1) is 21.7 Å². The van der Waals surface area contributed by atoms with E-state index in [2.05, 4.69) is 15.1 Å². The second-order valence-corrected chi connectivity index (χ2v) is 7.05. The van der Waals surface area contributed by atoms with Crippen molar-refractivity contribution in [2.45, 2.75) is 13.1 Å². The zero-order valence-corrected chi connectivity index (χ0v) is 17.0. The molecule has 34 heavy (non-hydrogen) atoms. The number of aryl methyl sites for hydroxylation is 1. The number of halogens is 3. The van der Waals surface area contributed by atoms with E-state index in [1.807, 2.05) is 0 Å². The highest BCUT2D eigenvalue weighted by molar-refractivity contribution is 5.87. The Hall–Kier alpha value is -4.68.